The van der Waals surface area contributed by atoms with Gasteiger partial charge in [-0.1, -0.05) is 12.1 Å². The van der Waals surface area contributed by atoms with Crippen LogP contribution < -0.4 is 0 Å². The highest BCUT2D eigenvalue weighted by Crippen LogP contribution is 2.24. The Hall–Kier alpha value is -1.53. The van der Waals surface area contributed by atoms with Crippen molar-refractivity contribution in [2.45, 2.75) is 25.4 Å². The number of para-hydroxylation sites is 2. The van der Waals surface area contributed by atoms with Gasteiger partial charge in [0.25, 0.3) is 0 Å². The summed E-state index contributed by atoms with van der Waals surface area (Å²) in [6.45, 7) is 3.55. The van der Waals surface area contributed by atoms with E-state index in [0.717, 1.165) is 67.4 Å². The third-order valence-corrected chi connectivity index (χ3v) is 6.14. The molecule has 2 fully saturated rings. The van der Waals surface area contributed by atoms with E-state index in [4.69, 9.17) is 4.98 Å². The molecule has 0 aliphatic carbocycles. The summed E-state index contributed by atoms with van der Waals surface area (Å²) < 4.78 is 2.16. The summed E-state index contributed by atoms with van der Waals surface area (Å²) in [5, 5.41) is 0. The van der Waals surface area contributed by atoms with Gasteiger partial charge in [0, 0.05) is 31.6 Å². The number of rotatable bonds is 3. The van der Waals surface area contributed by atoms with E-state index >= 15 is 0 Å². The van der Waals surface area contributed by atoms with E-state index in [2.05, 4.69) is 33.5 Å². The Morgan fingerprint density at radius 2 is 2.04 bits per heavy atom. The number of nitrogens with zero attached hydrogens (tertiary/aromatic N) is 4. The molecule has 2 aromatic rings. The zero-order chi connectivity index (χ0) is 16.5. The van der Waals surface area contributed by atoms with Crippen molar-refractivity contribution >= 4 is 28.7 Å². The monoisotopic (exact) mass is 344 g/mol. The van der Waals surface area contributed by atoms with Crippen LogP contribution in [0, 0.1) is 0 Å². The lowest BCUT2D eigenvalue weighted by molar-refractivity contribution is -0.135. The predicted molar refractivity (Wildman–Crippen MR) is 98.1 cm³/mol. The first kappa shape index (κ1) is 16.0. The van der Waals surface area contributed by atoms with Crippen LogP contribution in [0.4, 0.5) is 0 Å². The van der Waals surface area contributed by atoms with Crippen molar-refractivity contribution in [3.63, 3.8) is 0 Å². The fraction of sp³-hybridized carbons (Fsp3) is 0.556. The summed E-state index contributed by atoms with van der Waals surface area (Å²) in [5.74, 6) is 3.52. The standard InChI is InChI=1S/C18H24N4OS/c1-20-15-6-3-2-5-14(15)19-17(20)13-22-8-4-7-16(22)18(23)21-9-11-24-12-10-21/h2-3,5-6,16H,4,7-13H2,1H3. The summed E-state index contributed by atoms with van der Waals surface area (Å²) in [7, 11) is 2.07. The number of aryl methyl sites for hydroxylation is 1. The highest BCUT2D eigenvalue weighted by molar-refractivity contribution is 7.99. The summed E-state index contributed by atoms with van der Waals surface area (Å²) in [4.78, 5) is 22.1. The van der Waals surface area contributed by atoms with Crippen molar-refractivity contribution in [2.75, 3.05) is 31.1 Å². The average molecular weight is 344 g/mol. The molecule has 2 aliphatic rings. The van der Waals surface area contributed by atoms with Crippen LogP contribution in [0.15, 0.2) is 24.3 Å². The van der Waals surface area contributed by atoms with Crippen molar-refractivity contribution in [1.82, 2.24) is 19.4 Å². The molecule has 5 nitrogen and oxygen atoms in total. The van der Waals surface area contributed by atoms with Gasteiger partial charge < -0.3 is 9.47 Å². The molecule has 0 saturated carbocycles. The number of fused-ring (bicyclic) bond motifs is 1. The number of carbonyl (C=O) groups excluding carboxylic acids is 1. The Kier molecular flexibility index (Phi) is 4.50. The molecule has 1 amide bonds. The molecule has 2 aliphatic heterocycles. The maximum absolute atomic E-state index is 12.9. The van der Waals surface area contributed by atoms with Crippen molar-refractivity contribution in [2.24, 2.45) is 7.05 Å². The fourth-order valence-corrected chi connectivity index (χ4v) is 4.71. The smallest absolute Gasteiger partial charge is 0.239 e. The van der Waals surface area contributed by atoms with Gasteiger partial charge in [0.15, 0.2) is 0 Å². The largest absolute Gasteiger partial charge is 0.340 e. The molecule has 128 valence electrons. The lowest BCUT2D eigenvalue weighted by Gasteiger charge is -2.32. The lowest BCUT2D eigenvalue weighted by atomic mass is 10.2. The van der Waals surface area contributed by atoms with Crippen LogP contribution in [0.3, 0.4) is 0 Å². The van der Waals surface area contributed by atoms with E-state index in [-0.39, 0.29) is 6.04 Å². The molecule has 1 aromatic carbocycles. The second-order valence-corrected chi connectivity index (χ2v) is 7.87. The van der Waals surface area contributed by atoms with E-state index in [1.807, 2.05) is 23.9 Å². The number of hydrogen-bond donors (Lipinski definition) is 0. The predicted octanol–water partition coefficient (Wildman–Crippen LogP) is 2.11. The molecular formula is C18H24N4OS. The summed E-state index contributed by atoms with van der Waals surface area (Å²) in [6, 6.07) is 8.26. The first-order chi connectivity index (χ1) is 11.7. The van der Waals surface area contributed by atoms with E-state index in [0.29, 0.717) is 5.91 Å². The van der Waals surface area contributed by atoms with E-state index < -0.39 is 0 Å². The van der Waals surface area contributed by atoms with Crippen LogP contribution in [0.2, 0.25) is 0 Å². The van der Waals surface area contributed by atoms with Gasteiger partial charge in [-0.3, -0.25) is 9.69 Å². The van der Waals surface area contributed by atoms with Crippen LogP contribution in [-0.4, -0.2) is 62.4 Å². The zero-order valence-electron chi connectivity index (χ0n) is 14.1. The summed E-state index contributed by atoms with van der Waals surface area (Å²) in [6.07, 6.45) is 2.08. The quantitative estimate of drug-likeness (QED) is 0.855. The maximum atomic E-state index is 12.9. The molecular weight excluding hydrogens is 320 g/mol. The number of likely N-dealkylation sites (tertiary alicyclic amines) is 1. The van der Waals surface area contributed by atoms with Crippen molar-refractivity contribution in [1.29, 1.82) is 0 Å². The molecule has 6 heteroatoms. The molecule has 0 spiro atoms. The van der Waals surface area contributed by atoms with Gasteiger partial charge in [-0.2, -0.15) is 11.8 Å². The van der Waals surface area contributed by atoms with E-state index in [1.165, 1.54) is 0 Å². The first-order valence-corrected chi connectivity index (χ1v) is 9.90. The first-order valence-electron chi connectivity index (χ1n) is 8.75. The van der Waals surface area contributed by atoms with Crippen LogP contribution in [0.25, 0.3) is 11.0 Å². The Morgan fingerprint density at radius 1 is 1.25 bits per heavy atom. The molecule has 1 unspecified atom stereocenters. The molecule has 2 saturated heterocycles. The van der Waals surface area contributed by atoms with E-state index in [1.54, 1.807) is 0 Å². The number of hydrogen-bond acceptors (Lipinski definition) is 4. The minimum absolute atomic E-state index is 0.0351. The SMILES string of the molecule is Cn1c(CN2CCCC2C(=O)N2CCSCC2)nc2ccccc21. The number of imidazole rings is 1. The minimum atomic E-state index is 0.0351. The number of aromatic nitrogens is 2. The number of thioether (sulfide) groups is 1. The van der Waals surface area contributed by atoms with Gasteiger partial charge in [-0.05, 0) is 31.5 Å². The topological polar surface area (TPSA) is 41.4 Å². The van der Waals surface area contributed by atoms with Crippen molar-refractivity contribution in [3.8, 4) is 0 Å². The molecule has 0 radical (unpaired) electrons. The fourth-order valence-electron chi connectivity index (χ4n) is 3.81. The molecule has 4 rings (SSSR count). The maximum Gasteiger partial charge on any atom is 0.239 e. The average Bonchev–Trinajstić information content (AvgIpc) is 3.21. The van der Waals surface area contributed by atoms with Gasteiger partial charge in [-0.25, -0.2) is 4.98 Å². The second kappa shape index (κ2) is 6.76. The Labute approximate surface area is 147 Å². The van der Waals surface area contributed by atoms with Crippen molar-refractivity contribution in [3.05, 3.63) is 30.1 Å². The van der Waals surface area contributed by atoms with Crippen LogP contribution in [0.1, 0.15) is 18.7 Å². The second-order valence-electron chi connectivity index (χ2n) is 6.64. The molecule has 1 atom stereocenters. The van der Waals surface area contributed by atoms with Crippen molar-refractivity contribution < 1.29 is 4.79 Å². The number of carbonyl (C=O) groups is 1. The van der Waals surface area contributed by atoms with Crippen LogP contribution >= 0.6 is 11.8 Å². The van der Waals surface area contributed by atoms with Gasteiger partial charge in [-0.15, -0.1) is 0 Å². The highest BCUT2D eigenvalue weighted by Gasteiger charge is 2.34. The molecule has 3 heterocycles. The van der Waals surface area contributed by atoms with Crippen LogP contribution in [-0.2, 0) is 18.4 Å². The minimum Gasteiger partial charge on any atom is -0.340 e. The third kappa shape index (κ3) is 2.93. The molecule has 24 heavy (non-hydrogen) atoms. The molecule has 0 bridgehead atoms. The normalized spacial score (nSPS) is 22.4. The summed E-state index contributed by atoms with van der Waals surface area (Å²) >= 11 is 1.95. The van der Waals surface area contributed by atoms with E-state index in [9.17, 15) is 4.79 Å². The zero-order valence-corrected chi connectivity index (χ0v) is 15.0. The number of benzene rings is 1. The Balaban J connectivity index is 1.52. The summed E-state index contributed by atoms with van der Waals surface area (Å²) in [5.41, 5.74) is 2.19. The van der Waals surface area contributed by atoms with Gasteiger partial charge >= 0.3 is 0 Å². The van der Waals surface area contributed by atoms with Gasteiger partial charge in [0.1, 0.15) is 5.82 Å². The van der Waals surface area contributed by atoms with Crippen LogP contribution in [0.5, 0.6) is 0 Å². The highest BCUT2D eigenvalue weighted by atomic mass is 32.2. The number of amides is 1. The Morgan fingerprint density at radius 3 is 2.83 bits per heavy atom. The van der Waals surface area contributed by atoms with Gasteiger partial charge in [0.2, 0.25) is 5.91 Å². The lowest BCUT2D eigenvalue weighted by Crippen LogP contribution is -2.48. The third-order valence-electron chi connectivity index (χ3n) is 5.20. The molecule has 1 aromatic heterocycles. The Bertz CT molecular complexity index is 738. The molecule has 0 N–H and O–H groups in total. The van der Waals surface area contributed by atoms with Gasteiger partial charge in [0.05, 0.1) is 23.6 Å².